The maximum Gasteiger partial charge on any atom is 0.336 e. The summed E-state index contributed by atoms with van der Waals surface area (Å²) in [5, 5.41) is 26.6. The first-order valence-electron chi connectivity index (χ1n) is 5.25. The highest BCUT2D eigenvalue weighted by atomic mass is 35.5. The zero-order chi connectivity index (χ0) is 15.6. The summed E-state index contributed by atoms with van der Waals surface area (Å²) >= 11 is 5.76. The number of hydrogen-bond acceptors (Lipinski definition) is 5. The molecule has 0 aliphatic rings. The molecule has 0 saturated heterocycles. The van der Waals surface area contributed by atoms with Crippen LogP contribution in [0, 0.1) is 11.3 Å². The van der Waals surface area contributed by atoms with E-state index in [4.69, 9.17) is 22.0 Å². The summed E-state index contributed by atoms with van der Waals surface area (Å²) in [4.78, 5) is 10.4. The third kappa shape index (κ3) is 3.68. The molecule has 20 heavy (non-hydrogen) atoms. The van der Waals surface area contributed by atoms with E-state index in [2.05, 4.69) is 0 Å². The third-order valence-electron chi connectivity index (χ3n) is 2.42. The van der Waals surface area contributed by atoms with E-state index in [0.29, 0.717) is 0 Å². The minimum absolute atomic E-state index is 0.175. The van der Waals surface area contributed by atoms with Gasteiger partial charge in [-0.05, 0) is 25.1 Å². The van der Waals surface area contributed by atoms with Crippen LogP contribution in [-0.2, 0) is 14.8 Å². The summed E-state index contributed by atoms with van der Waals surface area (Å²) in [6.07, 6.45) is 0. The number of rotatable bonds is 5. The number of nitriles is 1. The molecule has 0 amide bonds. The largest absolute Gasteiger partial charge is 0.479 e. The van der Waals surface area contributed by atoms with Crippen LogP contribution in [0.25, 0.3) is 0 Å². The van der Waals surface area contributed by atoms with Gasteiger partial charge in [0.05, 0.1) is 23.2 Å². The predicted molar refractivity (Wildman–Crippen MR) is 69.6 cm³/mol. The van der Waals surface area contributed by atoms with Crippen molar-refractivity contribution in [2.45, 2.75) is 17.4 Å². The van der Waals surface area contributed by atoms with Gasteiger partial charge in [-0.15, -0.1) is 0 Å². The Morgan fingerprint density at radius 2 is 2.15 bits per heavy atom. The summed E-state index contributed by atoms with van der Waals surface area (Å²) in [7, 11) is -4.10. The summed E-state index contributed by atoms with van der Waals surface area (Å²) in [5.41, 5.74) is -2.06. The van der Waals surface area contributed by atoms with Gasteiger partial charge in [0.1, 0.15) is 4.90 Å². The van der Waals surface area contributed by atoms with Gasteiger partial charge in [-0.25, -0.2) is 17.9 Å². The highest BCUT2D eigenvalue weighted by Gasteiger charge is 2.32. The van der Waals surface area contributed by atoms with Gasteiger partial charge in [-0.2, -0.15) is 5.26 Å². The summed E-state index contributed by atoms with van der Waals surface area (Å²) in [5.74, 6) is -1.56. The van der Waals surface area contributed by atoms with Crippen molar-refractivity contribution in [2.24, 2.45) is 0 Å². The molecule has 0 heterocycles. The fraction of sp³-hybridized carbons (Fsp3) is 0.273. The van der Waals surface area contributed by atoms with Crippen LogP contribution in [0.4, 0.5) is 0 Å². The quantitative estimate of drug-likeness (QED) is 0.717. The van der Waals surface area contributed by atoms with Crippen LogP contribution in [-0.4, -0.2) is 36.7 Å². The maximum absolute atomic E-state index is 11.9. The second-order valence-electron chi connectivity index (χ2n) is 4.16. The van der Waals surface area contributed by atoms with Crippen molar-refractivity contribution in [2.75, 3.05) is 6.54 Å². The molecular formula is C11H11ClN2O5S. The molecule has 1 unspecified atom stereocenters. The zero-order valence-corrected chi connectivity index (χ0v) is 11.9. The van der Waals surface area contributed by atoms with E-state index in [1.165, 1.54) is 12.1 Å². The first-order valence-corrected chi connectivity index (χ1v) is 7.11. The number of carboxylic acids is 1. The predicted octanol–water partition coefficient (Wildman–Crippen LogP) is 0.326. The molecule has 0 aliphatic heterocycles. The Morgan fingerprint density at radius 1 is 1.55 bits per heavy atom. The topological polar surface area (TPSA) is 127 Å². The lowest BCUT2D eigenvalue weighted by Gasteiger charge is -2.18. The van der Waals surface area contributed by atoms with E-state index in [1.54, 1.807) is 6.07 Å². The molecule has 9 heteroatoms. The average molecular weight is 319 g/mol. The van der Waals surface area contributed by atoms with Crippen molar-refractivity contribution in [3.63, 3.8) is 0 Å². The van der Waals surface area contributed by atoms with Crippen molar-refractivity contribution < 1.29 is 23.4 Å². The molecule has 0 aromatic heterocycles. The number of benzene rings is 1. The number of carbonyl (C=O) groups is 1. The molecule has 1 aromatic carbocycles. The molecule has 1 aromatic rings. The Morgan fingerprint density at radius 3 is 2.60 bits per heavy atom. The molecule has 108 valence electrons. The second-order valence-corrected chi connectivity index (χ2v) is 6.30. The van der Waals surface area contributed by atoms with E-state index in [0.717, 1.165) is 13.0 Å². The number of nitrogens with one attached hydrogen (secondary N) is 1. The normalized spacial score (nSPS) is 14.3. The molecule has 0 radical (unpaired) electrons. The molecule has 7 nitrogen and oxygen atoms in total. The molecule has 3 N–H and O–H groups in total. The lowest BCUT2D eigenvalue weighted by Crippen LogP contribution is -2.46. The average Bonchev–Trinajstić information content (AvgIpc) is 2.36. The smallest absolute Gasteiger partial charge is 0.336 e. The lowest BCUT2D eigenvalue weighted by molar-refractivity contribution is -0.155. The second kappa shape index (κ2) is 5.76. The van der Waals surface area contributed by atoms with Gasteiger partial charge >= 0.3 is 5.97 Å². The number of aliphatic carboxylic acids is 1. The van der Waals surface area contributed by atoms with Gasteiger partial charge < -0.3 is 10.2 Å². The number of carboxylic acid groups (broad SMARTS) is 1. The van der Waals surface area contributed by atoms with Crippen LogP contribution in [0.3, 0.4) is 0 Å². The monoisotopic (exact) mass is 318 g/mol. The Labute approximate surface area is 120 Å². The van der Waals surface area contributed by atoms with Crippen LogP contribution >= 0.6 is 11.6 Å². The third-order valence-corrected chi connectivity index (χ3v) is 4.30. The van der Waals surface area contributed by atoms with Gasteiger partial charge in [0.2, 0.25) is 10.0 Å². The van der Waals surface area contributed by atoms with E-state index < -0.39 is 28.1 Å². The molecule has 0 bridgehead atoms. The zero-order valence-electron chi connectivity index (χ0n) is 10.3. The van der Waals surface area contributed by atoms with Crippen LogP contribution in [0.15, 0.2) is 23.1 Å². The molecule has 1 rings (SSSR count). The molecule has 1 atom stereocenters. The maximum atomic E-state index is 11.9. The van der Waals surface area contributed by atoms with Crippen molar-refractivity contribution in [1.82, 2.24) is 4.72 Å². The first kappa shape index (κ1) is 16.4. The Kier molecular flexibility index (Phi) is 4.73. The highest BCUT2D eigenvalue weighted by molar-refractivity contribution is 7.89. The van der Waals surface area contributed by atoms with E-state index in [9.17, 15) is 18.3 Å². The summed E-state index contributed by atoms with van der Waals surface area (Å²) in [6.45, 7) is 0.235. The minimum Gasteiger partial charge on any atom is -0.479 e. The summed E-state index contributed by atoms with van der Waals surface area (Å²) in [6, 6.07) is 5.36. The molecular weight excluding hydrogens is 308 g/mol. The Hall–Kier alpha value is -1.66. The van der Waals surface area contributed by atoms with E-state index >= 15 is 0 Å². The Bertz CT molecular complexity index is 679. The van der Waals surface area contributed by atoms with Gasteiger partial charge in [0, 0.05) is 0 Å². The number of hydrogen-bond donors (Lipinski definition) is 3. The van der Waals surface area contributed by atoms with Crippen molar-refractivity contribution >= 4 is 27.6 Å². The summed E-state index contributed by atoms with van der Waals surface area (Å²) < 4.78 is 25.8. The number of sulfonamides is 1. The van der Waals surface area contributed by atoms with Crippen LogP contribution in [0.5, 0.6) is 0 Å². The fourth-order valence-corrected chi connectivity index (χ4v) is 2.85. The first-order chi connectivity index (χ1) is 9.10. The van der Waals surface area contributed by atoms with E-state index in [1.807, 2.05) is 4.72 Å². The lowest BCUT2D eigenvalue weighted by atomic mass is 10.1. The standard InChI is InChI=1S/C11H11ClN2O5S/c1-11(17,10(15)16)6-14-20(18,19)9-3-2-7(5-13)4-8(9)12/h2-4,14,17H,6H2,1H3,(H,15,16). The van der Waals surface area contributed by atoms with Gasteiger partial charge in [0.25, 0.3) is 0 Å². The van der Waals surface area contributed by atoms with Crippen LogP contribution < -0.4 is 4.72 Å². The number of nitrogens with zero attached hydrogens (tertiary/aromatic N) is 1. The van der Waals surface area contributed by atoms with Crippen molar-refractivity contribution in [1.29, 1.82) is 5.26 Å². The van der Waals surface area contributed by atoms with Crippen molar-refractivity contribution in [3.8, 4) is 6.07 Å². The van der Waals surface area contributed by atoms with E-state index in [-0.39, 0.29) is 15.5 Å². The molecule has 0 saturated carbocycles. The van der Waals surface area contributed by atoms with Crippen molar-refractivity contribution in [3.05, 3.63) is 28.8 Å². The molecule has 0 aliphatic carbocycles. The number of aliphatic hydroxyl groups is 1. The minimum atomic E-state index is -4.10. The number of halogens is 1. The van der Waals surface area contributed by atoms with Crippen LogP contribution in [0.1, 0.15) is 12.5 Å². The van der Waals surface area contributed by atoms with Gasteiger partial charge in [-0.1, -0.05) is 11.6 Å². The SMILES string of the molecule is CC(O)(CNS(=O)(=O)c1ccc(C#N)cc1Cl)C(=O)O. The fourth-order valence-electron chi connectivity index (χ4n) is 1.18. The highest BCUT2D eigenvalue weighted by Crippen LogP contribution is 2.22. The molecule has 0 fully saturated rings. The van der Waals surface area contributed by atoms with Gasteiger partial charge in [-0.3, -0.25) is 0 Å². The van der Waals surface area contributed by atoms with Gasteiger partial charge in [0.15, 0.2) is 5.60 Å². The van der Waals surface area contributed by atoms with Crippen LogP contribution in [0.2, 0.25) is 5.02 Å². The Balaban J connectivity index is 3.02. The molecule has 0 spiro atoms.